The van der Waals surface area contributed by atoms with Gasteiger partial charge in [-0.05, 0) is 56.0 Å². The molecule has 0 aliphatic carbocycles. The molecule has 258 valence electrons. The largest absolute Gasteiger partial charge is 0.368 e. The summed E-state index contributed by atoms with van der Waals surface area (Å²) < 4.78 is 0. The fraction of sp³-hybridized carbons (Fsp3) is 0.571. The summed E-state index contributed by atoms with van der Waals surface area (Å²) in [6, 6.07) is 13.7. The highest BCUT2D eigenvalue weighted by molar-refractivity contribution is 6.30. The van der Waals surface area contributed by atoms with Crippen LogP contribution in [0.5, 0.6) is 0 Å². The predicted octanol–water partition coefficient (Wildman–Crippen LogP) is 4.11. The second kappa shape index (κ2) is 21.1. The molecule has 2 aromatic rings. The average molecular weight is 670 g/mol. The molecule has 12 heteroatoms. The number of nitrogens with one attached hydrogen (secondary N) is 2. The fourth-order valence-electron chi connectivity index (χ4n) is 5.66. The number of rotatable bonds is 14. The van der Waals surface area contributed by atoms with Gasteiger partial charge in [-0.3, -0.25) is 19.2 Å². The number of nitrogens with zero attached hydrogens (tertiary/aromatic N) is 5. The number of unbranched alkanes of at least 4 members (excludes halogenated alkanes) is 4. The maximum atomic E-state index is 12.3. The summed E-state index contributed by atoms with van der Waals surface area (Å²) in [5, 5.41) is 5.96. The molecule has 0 unspecified atom stereocenters. The minimum absolute atomic E-state index is 0.0680. The Kier molecular flexibility index (Phi) is 16.9. The van der Waals surface area contributed by atoms with E-state index >= 15 is 0 Å². The highest BCUT2D eigenvalue weighted by Gasteiger charge is 2.22. The SMILES string of the molecule is CNC(=O)CCCCCC(=O)N1CCN(c2cccc(Cl)c2)CC1.CNC(=O)CCCCCC(=O)N1CCN(c2ccccn2)CC1. The molecule has 0 bridgehead atoms. The van der Waals surface area contributed by atoms with E-state index in [0.717, 1.165) is 107 Å². The Balaban J connectivity index is 0.000000256. The molecule has 2 saturated heterocycles. The van der Waals surface area contributed by atoms with E-state index in [1.54, 1.807) is 20.3 Å². The van der Waals surface area contributed by atoms with Crippen molar-refractivity contribution in [1.29, 1.82) is 0 Å². The highest BCUT2D eigenvalue weighted by Crippen LogP contribution is 2.21. The van der Waals surface area contributed by atoms with Crippen LogP contribution in [0.25, 0.3) is 0 Å². The van der Waals surface area contributed by atoms with E-state index in [4.69, 9.17) is 11.6 Å². The van der Waals surface area contributed by atoms with E-state index in [9.17, 15) is 19.2 Å². The van der Waals surface area contributed by atoms with Crippen LogP contribution >= 0.6 is 11.6 Å². The van der Waals surface area contributed by atoms with Crippen LogP contribution in [0.4, 0.5) is 11.5 Å². The van der Waals surface area contributed by atoms with Crippen LogP contribution in [-0.4, -0.2) is 105 Å². The number of carbonyl (C=O) groups is 4. The Morgan fingerprint density at radius 1 is 0.638 bits per heavy atom. The summed E-state index contributed by atoms with van der Waals surface area (Å²) in [6.45, 7) is 6.36. The van der Waals surface area contributed by atoms with Crippen molar-refractivity contribution in [3.8, 4) is 0 Å². The predicted molar refractivity (Wildman–Crippen MR) is 188 cm³/mol. The number of pyridine rings is 1. The number of hydrogen-bond acceptors (Lipinski definition) is 7. The number of carbonyl (C=O) groups excluding carboxylic acids is 4. The topological polar surface area (TPSA) is 118 Å². The van der Waals surface area contributed by atoms with Gasteiger partial charge >= 0.3 is 0 Å². The lowest BCUT2D eigenvalue weighted by molar-refractivity contribution is -0.132. The Labute approximate surface area is 285 Å². The lowest BCUT2D eigenvalue weighted by atomic mass is 10.1. The molecule has 4 amide bonds. The maximum absolute atomic E-state index is 12.3. The zero-order valence-electron chi connectivity index (χ0n) is 28.1. The Bertz CT molecular complexity index is 1250. The third kappa shape index (κ3) is 13.8. The Hall–Kier alpha value is -3.86. The first kappa shape index (κ1) is 37.6. The van der Waals surface area contributed by atoms with Crippen LogP contribution in [0.3, 0.4) is 0 Å². The second-order valence-corrected chi connectivity index (χ2v) is 12.3. The van der Waals surface area contributed by atoms with Crippen molar-refractivity contribution in [3.63, 3.8) is 0 Å². The molecule has 0 radical (unpaired) electrons. The van der Waals surface area contributed by atoms with Crippen molar-refractivity contribution < 1.29 is 19.2 Å². The smallest absolute Gasteiger partial charge is 0.222 e. The minimum Gasteiger partial charge on any atom is -0.368 e. The number of halogens is 1. The van der Waals surface area contributed by atoms with Gasteiger partial charge in [0.25, 0.3) is 0 Å². The normalized spacial score (nSPS) is 14.6. The van der Waals surface area contributed by atoms with Crippen LogP contribution in [-0.2, 0) is 19.2 Å². The Morgan fingerprint density at radius 2 is 1.15 bits per heavy atom. The zero-order chi connectivity index (χ0) is 33.9. The van der Waals surface area contributed by atoms with Crippen LogP contribution < -0.4 is 20.4 Å². The van der Waals surface area contributed by atoms with Crippen LogP contribution in [0.1, 0.15) is 64.2 Å². The zero-order valence-corrected chi connectivity index (χ0v) is 28.8. The van der Waals surface area contributed by atoms with E-state index < -0.39 is 0 Å². The van der Waals surface area contributed by atoms with Gasteiger partial charge in [-0.1, -0.05) is 36.6 Å². The molecular weight excluding hydrogens is 618 g/mol. The molecule has 2 aliphatic rings. The van der Waals surface area contributed by atoms with Crippen molar-refractivity contribution >= 4 is 46.7 Å². The molecule has 2 N–H and O–H groups in total. The summed E-state index contributed by atoms with van der Waals surface area (Å²) >= 11 is 6.04. The average Bonchev–Trinajstić information content (AvgIpc) is 3.11. The fourth-order valence-corrected chi connectivity index (χ4v) is 5.84. The third-order valence-electron chi connectivity index (χ3n) is 8.56. The van der Waals surface area contributed by atoms with Gasteiger partial charge in [0, 0.05) is 109 Å². The van der Waals surface area contributed by atoms with Crippen LogP contribution in [0, 0.1) is 0 Å². The summed E-state index contributed by atoms with van der Waals surface area (Å²) in [7, 11) is 3.30. The van der Waals surface area contributed by atoms with Crippen LogP contribution in [0.15, 0.2) is 48.7 Å². The lowest BCUT2D eigenvalue weighted by Crippen LogP contribution is -2.49. The van der Waals surface area contributed by atoms with Gasteiger partial charge in [0.05, 0.1) is 0 Å². The van der Waals surface area contributed by atoms with E-state index in [1.807, 2.05) is 46.2 Å². The quantitative estimate of drug-likeness (QED) is 0.291. The monoisotopic (exact) mass is 669 g/mol. The van der Waals surface area contributed by atoms with Gasteiger partial charge in [-0.25, -0.2) is 4.98 Å². The van der Waals surface area contributed by atoms with Crippen molar-refractivity contribution in [3.05, 3.63) is 53.7 Å². The molecule has 0 saturated carbocycles. The second-order valence-electron chi connectivity index (χ2n) is 11.9. The van der Waals surface area contributed by atoms with Gasteiger partial charge in [0.1, 0.15) is 5.82 Å². The summed E-state index contributed by atoms with van der Waals surface area (Å²) in [6.07, 6.45) is 9.29. The number of benzene rings is 1. The van der Waals surface area contributed by atoms with Crippen molar-refractivity contribution in [2.45, 2.75) is 64.2 Å². The third-order valence-corrected chi connectivity index (χ3v) is 8.79. The summed E-state index contributed by atoms with van der Waals surface area (Å²) in [5.74, 6) is 1.57. The number of aromatic nitrogens is 1. The van der Waals surface area contributed by atoms with Crippen molar-refractivity contribution in [2.24, 2.45) is 0 Å². The standard InChI is InChI=1S/C18H26ClN3O2.C17H26N4O2/c1-20-17(23)8-3-2-4-9-18(24)22-12-10-21(11-13-22)16-7-5-6-15(19)14-16;1-18-16(22)8-3-2-4-9-17(23)21-13-11-20(12-14-21)15-7-5-6-10-19-15/h5-7,14H,2-4,8-13H2,1H3,(H,20,23);5-7,10H,2-4,8-9,11-14H2,1H3,(H,18,22). The summed E-state index contributed by atoms with van der Waals surface area (Å²) in [4.78, 5) is 59.4. The maximum Gasteiger partial charge on any atom is 0.222 e. The lowest BCUT2D eigenvalue weighted by Gasteiger charge is -2.36. The molecule has 2 aliphatic heterocycles. The molecular formula is C35H52ClN7O4. The first-order valence-electron chi connectivity index (χ1n) is 16.9. The van der Waals surface area contributed by atoms with Crippen LogP contribution in [0.2, 0.25) is 5.02 Å². The molecule has 1 aromatic heterocycles. The van der Waals surface area contributed by atoms with Crippen molar-refractivity contribution in [2.75, 3.05) is 76.3 Å². The van der Waals surface area contributed by atoms with Gasteiger partial charge in [-0.15, -0.1) is 0 Å². The molecule has 1 aromatic carbocycles. The number of amides is 4. The van der Waals surface area contributed by atoms with Crippen molar-refractivity contribution in [1.82, 2.24) is 25.4 Å². The first-order valence-corrected chi connectivity index (χ1v) is 17.3. The number of hydrogen-bond donors (Lipinski definition) is 2. The van der Waals surface area contributed by atoms with E-state index in [2.05, 4.69) is 31.5 Å². The van der Waals surface area contributed by atoms with Gasteiger partial charge in [0.15, 0.2) is 0 Å². The molecule has 0 atom stereocenters. The van der Waals surface area contributed by atoms with E-state index in [0.29, 0.717) is 25.7 Å². The van der Waals surface area contributed by atoms with Gasteiger partial charge in [0.2, 0.25) is 23.6 Å². The molecule has 11 nitrogen and oxygen atoms in total. The van der Waals surface area contributed by atoms with Gasteiger partial charge in [-0.2, -0.15) is 0 Å². The molecule has 47 heavy (non-hydrogen) atoms. The first-order chi connectivity index (χ1) is 22.8. The molecule has 0 spiro atoms. The molecule has 4 rings (SSSR count). The Morgan fingerprint density at radius 3 is 1.62 bits per heavy atom. The van der Waals surface area contributed by atoms with E-state index in [1.165, 1.54) is 0 Å². The highest BCUT2D eigenvalue weighted by atomic mass is 35.5. The van der Waals surface area contributed by atoms with Gasteiger partial charge < -0.3 is 30.2 Å². The number of anilines is 2. The molecule has 2 fully saturated rings. The summed E-state index contributed by atoms with van der Waals surface area (Å²) in [5.41, 5.74) is 1.11. The number of piperazine rings is 2. The van der Waals surface area contributed by atoms with E-state index in [-0.39, 0.29) is 23.6 Å². The molecule has 3 heterocycles. The minimum atomic E-state index is 0.0680.